The van der Waals surface area contributed by atoms with Crippen LogP contribution in [-0.4, -0.2) is 42.7 Å². The molecule has 4 rings (SSSR count). The van der Waals surface area contributed by atoms with Gasteiger partial charge in [-0.15, -0.1) is 0 Å². The van der Waals surface area contributed by atoms with Crippen molar-refractivity contribution in [3.05, 3.63) is 69.3 Å². The molecule has 0 unspecified atom stereocenters. The van der Waals surface area contributed by atoms with E-state index in [0.29, 0.717) is 33.2 Å². The van der Waals surface area contributed by atoms with Crippen LogP contribution in [0, 0.1) is 6.92 Å². The highest BCUT2D eigenvalue weighted by molar-refractivity contribution is 9.10. The van der Waals surface area contributed by atoms with Gasteiger partial charge in [0.2, 0.25) is 0 Å². The number of fused-ring (bicyclic) bond motifs is 1. The van der Waals surface area contributed by atoms with Crippen molar-refractivity contribution in [1.29, 1.82) is 0 Å². The number of anilines is 1. The molecule has 11 heteroatoms. The van der Waals surface area contributed by atoms with Gasteiger partial charge in [-0.1, -0.05) is 11.6 Å². The lowest BCUT2D eigenvalue weighted by molar-refractivity contribution is 0.0949. The van der Waals surface area contributed by atoms with Crippen LogP contribution in [0.1, 0.15) is 33.5 Å². The van der Waals surface area contributed by atoms with E-state index in [1.807, 2.05) is 19.9 Å². The van der Waals surface area contributed by atoms with E-state index in [1.54, 1.807) is 36.7 Å². The number of aromatic nitrogens is 5. The predicted octanol–water partition coefficient (Wildman–Crippen LogP) is 3.64. The van der Waals surface area contributed by atoms with E-state index in [-0.39, 0.29) is 17.3 Å². The average molecular weight is 503 g/mol. The van der Waals surface area contributed by atoms with Gasteiger partial charge in [0.25, 0.3) is 11.8 Å². The molecular weight excluding hydrogens is 486 g/mol. The van der Waals surface area contributed by atoms with Gasteiger partial charge < -0.3 is 10.6 Å². The Morgan fingerprint density at radius 3 is 2.74 bits per heavy atom. The van der Waals surface area contributed by atoms with Gasteiger partial charge in [-0.25, -0.2) is 14.2 Å². The quantitative estimate of drug-likeness (QED) is 0.433. The number of amides is 2. The number of nitrogens with one attached hydrogen (secondary N) is 2. The maximum Gasteiger partial charge on any atom is 0.274 e. The van der Waals surface area contributed by atoms with Crippen LogP contribution in [0.25, 0.3) is 11.3 Å². The van der Waals surface area contributed by atoms with Crippen LogP contribution in [0.3, 0.4) is 0 Å². The van der Waals surface area contributed by atoms with Crippen molar-refractivity contribution in [2.75, 3.05) is 11.9 Å². The summed E-state index contributed by atoms with van der Waals surface area (Å²) in [7, 11) is 0. The summed E-state index contributed by atoms with van der Waals surface area (Å²) >= 11 is 9.55. The third kappa shape index (κ3) is 3.91. The van der Waals surface area contributed by atoms with Gasteiger partial charge in [0.15, 0.2) is 11.5 Å². The molecule has 0 atom stereocenters. The van der Waals surface area contributed by atoms with Crippen molar-refractivity contribution in [2.24, 2.45) is 0 Å². The minimum atomic E-state index is -0.486. The summed E-state index contributed by atoms with van der Waals surface area (Å²) in [6, 6.07) is 8.52. The highest BCUT2D eigenvalue weighted by Gasteiger charge is 2.24. The first-order valence-corrected chi connectivity index (χ1v) is 10.5. The molecule has 158 valence electrons. The summed E-state index contributed by atoms with van der Waals surface area (Å²) in [4.78, 5) is 30.3. The maximum atomic E-state index is 13.3. The summed E-state index contributed by atoms with van der Waals surface area (Å²) in [6.45, 7) is 4.06. The number of aryl methyl sites for hydroxylation is 1. The van der Waals surface area contributed by atoms with Gasteiger partial charge in [-0.05, 0) is 59.6 Å². The first-order chi connectivity index (χ1) is 14.9. The molecule has 4 aromatic rings. The summed E-state index contributed by atoms with van der Waals surface area (Å²) in [5, 5.41) is 14.5. The van der Waals surface area contributed by atoms with Gasteiger partial charge in [-0.2, -0.15) is 10.2 Å². The monoisotopic (exact) mass is 501 g/mol. The lowest BCUT2D eigenvalue weighted by Crippen LogP contribution is -2.28. The number of nitrogens with zero attached hydrogens (tertiary/aromatic N) is 5. The molecule has 0 aliphatic carbocycles. The predicted molar refractivity (Wildman–Crippen MR) is 120 cm³/mol. The van der Waals surface area contributed by atoms with Crippen molar-refractivity contribution in [3.63, 3.8) is 0 Å². The van der Waals surface area contributed by atoms with Gasteiger partial charge in [0.1, 0.15) is 10.3 Å². The van der Waals surface area contributed by atoms with E-state index in [0.717, 1.165) is 5.52 Å². The molecule has 0 aromatic carbocycles. The second-order valence-electron chi connectivity index (χ2n) is 6.61. The molecule has 4 aromatic heterocycles. The molecule has 9 nitrogen and oxygen atoms in total. The van der Waals surface area contributed by atoms with E-state index < -0.39 is 5.91 Å². The lowest BCUT2D eigenvalue weighted by Gasteiger charge is -2.16. The second kappa shape index (κ2) is 8.48. The number of hydrogen-bond acceptors (Lipinski definition) is 5. The molecule has 0 radical (unpaired) electrons. The Labute approximate surface area is 190 Å². The molecule has 0 bridgehead atoms. The van der Waals surface area contributed by atoms with Crippen molar-refractivity contribution < 1.29 is 9.59 Å². The molecule has 0 aliphatic heterocycles. The van der Waals surface area contributed by atoms with Crippen LogP contribution in [-0.2, 0) is 0 Å². The molecule has 0 aliphatic rings. The number of rotatable bonds is 5. The van der Waals surface area contributed by atoms with Crippen LogP contribution in [0.2, 0.25) is 5.02 Å². The van der Waals surface area contributed by atoms with Gasteiger partial charge in [0.05, 0.1) is 22.4 Å². The molecule has 4 heterocycles. The minimum absolute atomic E-state index is 0.189. The molecule has 31 heavy (non-hydrogen) atoms. The van der Waals surface area contributed by atoms with E-state index in [1.165, 1.54) is 9.20 Å². The topological polar surface area (TPSA) is 106 Å². The Hall–Kier alpha value is -3.24. The SMILES string of the molecule is CCNC(=O)c1c(NC(=O)c2cc(Br)nn2-c2ncccc2Cl)c(C)cc2ccnn12. The van der Waals surface area contributed by atoms with Crippen molar-refractivity contribution >= 4 is 50.5 Å². The zero-order valence-corrected chi connectivity index (χ0v) is 18.9. The Kier molecular flexibility index (Phi) is 5.75. The summed E-state index contributed by atoms with van der Waals surface area (Å²) in [5.74, 6) is -0.527. The number of pyridine rings is 2. The number of carbonyl (C=O) groups is 2. The molecule has 0 fully saturated rings. The van der Waals surface area contributed by atoms with Crippen LogP contribution in [0.5, 0.6) is 0 Å². The van der Waals surface area contributed by atoms with Gasteiger partial charge >= 0.3 is 0 Å². The number of halogens is 2. The molecule has 0 saturated heterocycles. The van der Waals surface area contributed by atoms with Crippen molar-refractivity contribution in [1.82, 2.24) is 29.7 Å². The first kappa shape index (κ1) is 21.0. The van der Waals surface area contributed by atoms with E-state index >= 15 is 0 Å². The Morgan fingerprint density at radius 2 is 2.00 bits per heavy atom. The Bertz CT molecular complexity index is 1310. The Balaban J connectivity index is 1.80. The number of hydrogen-bond donors (Lipinski definition) is 2. The lowest BCUT2D eigenvalue weighted by atomic mass is 10.1. The summed E-state index contributed by atoms with van der Waals surface area (Å²) in [5.41, 5.74) is 2.22. The molecular formula is C20H17BrClN7O2. The zero-order valence-electron chi connectivity index (χ0n) is 16.6. The van der Waals surface area contributed by atoms with E-state index in [2.05, 4.69) is 41.7 Å². The maximum absolute atomic E-state index is 13.3. The zero-order chi connectivity index (χ0) is 22.1. The minimum Gasteiger partial charge on any atom is -0.351 e. The molecule has 2 N–H and O–H groups in total. The summed E-state index contributed by atoms with van der Waals surface area (Å²) in [6.07, 6.45) is 3.15. The third-order valence-electron chi connectivity index (χ3n) is 4.52. The fraction of sp³-hybridized carbons (Fsp3) is 0.150. The highest BCUT2D eigenvalue weighted by Crippen LogP contribution is 2.26. The normalized spacial score (nSPS) is 11.0. The fourth-order valence-corrected chi connectivity index (χ4v) is 3.77. The number of carbonyl (C=O) groups excluding carboxylic acids is 2. The van der Waals surface area contributed by atoms with E-state index in [4.69, 9.17) is 11.6 Å². The average Bonchev–Trinajstić information content (AvgIpc) is 3.35. The van der Waals surface area contributed by atoms with Crippen LogP contribution in [0.4, 0.5) is 5.69 Å². The largest absolute Gasteiger partial charge is 0.351 e. The van der Waals surface area contributed by atoms with Crippen molar-refractivity contribution in [2.45, 2.75) is 13.8 Å². The van der Waals surface area contributed by atoms with E-state index in [9.17, 15) is 9.59 Å². The van der Waals surface area contributed by atoms with Crippen LogP contribution in [0.15, 0.2) is 47.3 Å². The smallest absolute Gasteiger partial charge is 0.274 e. The van der Waals surface area contributed by atoms with Crippen LogP contribution < -0.4 is 10.6 Å². The van der Waals surface area contributed by atoms with Gasteiger partial charge in [0, 0.05) is 18.8 Å². The highest BCUT2D eigenvalue weighted by atomic mass is 79.9. The standard InChI is InChI=1S/C20H17BrClN7O2/c1-3-23-20(31)17-16(11(2)9-12-6-8-25-28(12)17)26-19(30)14-10-15(21)27-29(14)18-13(22)5-4-7-24-18/h4-10H,3H2,1-2H3,(H,23,31)(H,26,30). The molecule has 0 saturated carbocycles. The fourth-order valence-electron chi connectivity index (χ4n) is 3.19. The third-order valence-corrected chi connectivity index (χ3v) is 5.20. The van der Waals surface area contributed by atoms with Crippen molar-refractivity contribution in [3.8, 4) is 5.82 Å². The first-order valence-electron chi connectivity index (χ1n) is 9.34. The van der Waals surface area contributed by atoms with Gasteiger partial charge in [-0.3, -0.25) is 9.59 Å². The molecule has 2 amide bonds. The molecule has 0 spiro atoms. The summed E-state index contributed by atoms with van der Waals surface area (Å²) < 4.78 is 3.27. The van der Waals surface area contributed by atoms with Crippen LogP contribution >= 0.6 is 27.5 Å². The second-order valence-corrected chi connectivity index (χ2v) is 7.83. The Morgan fingerprint density at radius 1 is 1.19 bits per heavy atom.